The lowest BCUT2D eigenvalue weighted by atomic mass is 9.98. The van der Waals surface area contributed by atoms with Gasteiger partial charge in [0, 0.05) is 25.1 Å². The second-order valence-electron chi connectivity index (χ2n) is 6.04. The molecule has 3 aromatic rings. The molecule has 0 fully saturated rings. The Hall–Kier alpha value is -2.99. The topological polar surface area (TPSA) is 69.0 Å². The summed E-state index contributed by atoms with van der Waals surface area (Å²) >= 11 is 0. The fraction of sp³-hybridized carbons (Fsp3) is 0.250. The standard InChI is InChI=1S/C20H22N4O2/c1-15-10-19(26-9-7-21-2)18(14-25)12-17(15)11-16-4-5-20(22-13-16)24-8-3-6-23-24/h3-6,8,10,12-14,21H,7,9,11H2,1-2H3. The van der Waals surface area contributed by atoms with Gasteiger partial charge < -0.3 is 10.1 Å². The number of likely N-dealkylation sites (N-methyl/N-ethyl adjacent to an activating group) is 1. The lowest BCUT2D eigenvalue weighted by Gasteiger charge is -2.13. The SMILES string of the molecule is CNCCOc1cc(C)c(Cc2ccc(-n3cccn3)nc2)cc1C=O. The molecule has 1 aromatic carbocycles. The Labute approximate surface area is 152 Å². The van der Waals surface area contributed by atoms with Crippen LogP contribution in [0.4, 0.5) is 0 Å². The maximum absolute atomic E-state index is 11.4. The minimum atomic E-state index is 0.523. The lowest BCUT2D eigenvalue weighted by Crippen LogP contribution is -2.16. The van der Waals surface area contributed by atoms with E-state index in [2.05, 4.69) is 15.4 Å². The normalized spacial score (nSPS) is 10.7. The summed E-state index contributed by atoms with van der Waals surface area (Å²) in [6, 6.07) is 9.66. The Balaban J connectivity index is 1.77. The molecular formula is C20H22N4O2. The van der Waals surface area contributed by atoms with Crippen molar-refractivity contribution in [2.24, 2.45) is 0 Å². The molecule has 0 saturated heterocycles. The molecule has 0 bridgehead atoms. The van der Waals surface area contributed by atoms with E-state index in [1.54, 1.807) is 10.9 Å². The van der Waals surface area contributed by atoms with Crippen LogP contribution in [-0.2, 0) is 6.42 Å². The molecule has 0 aliphatic rings. The molecule has 0 aliphatic heterocycles. The van der Waals surface area contributed by atoms with Crippen LogP contribution >= 0.6 is 0 Å². The first-order chi connectivity index (χ1) is 12.7. The van der Waals surface area contributed by atoms with Crippen molar-refractivity contribution in [2.75, 3.05) is 20.2 Å². The molecule has 0 unspecified atom stereocenters. The van der Waals surface area contributed by atoms with E-state index in [1.807, 2.05) is 56.7 Å². The average molecular weight is 350 g/mol. The van der Waals surface area contributed by atoms with Crippen LogP contribution < -0.4 is 10.1 Å². The van der Waals surface area contributed by atoms with Crippen molar-refractivity contribution in [2.45, 2.75) is 13.3 Å². The zero-order chi connectivity index (χ0) is 18.4. The lowest BCUT2D eigenvalue weighted by molar-refractivity contribution is 0.111. The number of carbonyl (C=O) groups excluding carboxylic acids is 1. The van der Waals surface area contributed by atoms with Crippen LogP contribution in [0, 0.1) is 6.92 Å². The molecule has 0 amide bonds. The van der Waals surface area contributed by atoms with E-state index < -0.39 is 0 Å². The molecule has 3 rings (SSSR count). The number of nitrogens with zero attached hydrogens (tertiary/aromatic N) is 3. The van der Waals surface area contributed by atoms with Crippen molar-refractivity contribution >= 4 is 6.29 Å². The van der Waals surface area contributed by atoms with Crippen molar-refractivity contribution < 1.29 is 9.53 Å². The number of hydrogen-bond donors (Lipinski definition) is 1. The molecule has 0 radical (unpaired) electrons. The van der Waals surface area contributed by atoms with Crippen LogP contribution in [0.2, 0.25) is 0 Å². The summed E-state index contributed by atoms with van der Waals surface area (Å²) in [5, 5.41) is 7.20. The van der Waals surface area contributed by atoms with Gasteiger partial charge in [-0.3, -0.25) is 4.79 Å². The highest BCUT2D eigenvalue weighted by atomic mass is 16.5. The first kappa shape index (κ1) is 17.8. The monoisotopic (exact) mass is 350 g/mol. The van der Waals surface area contributed by atoms with Crippen LogP contribution in [0.5, 0.6) is 5.75 Å². The highest BCUT2D eigenvalue weighted by Crippen LogP contribution is 2.24. The van der Waals surface area contributed by atoms with Crippen LogP contribution in [0.25, 0.3) is 5.82 Å². The third-order valence-electron chi connectivity index (χ3n) is 4.15. The quantitative estimate of drug-likeness (QED) is 0.499. The van der Waals surface area contributed by atoms with Gasteiger partial charge >= 0.3 is 0 Å². The van der Waals surface area contributed by atoms with Gasteiger partial charge in [-0.1, -0.05) is 6.07 Å². The fourth-order valence-electron chi connectivity index (χ4n) is 2.70. The first-order valence-electron chi connectivity index (χ1n) is 8.52. The number of nitrogens with one attached hydrogen (secondary N) is 1. The summed E-state index contributed by atoms with van der Waals surface area (Å²) in [6.45, 7) is 3.28. The third-order valence-corrected chi connectivity index (χ3v) is 4.15. The van der Waals surface area contributed by atoms with Gasteiger partial charge in [0.05, 0.1) is 5.56 Å². The Morgan fingerprint density at radius 1 is 1.31 bits per heavy atom. The van der Waals surface area contributed by atoms with Crippen molar-refractivity contribution in [3.8, 4) is 11.6 Å². The largest absolute Gasteiger partial charge is 0.492 e. The Bertz CT molecular complexity index is 858. The number of carbonyl (C=O) groups is 1. The number of aldehydes is 1. The number of aromatic nitrogens is 3. The first-order valence-corrected chi connectivity index (χ1v) is 8.52. The summed E-state index contributed by atoms with van der Waals surface area (Å²) in [6.07, 6.45) is 6.97. The Morgan fingerprint density at radius 3 is 2.85 bits per heavy atom. The van der Waals surface area contributed by atoms with Crippen molar-refractivity contribution in [1.29, 1.82) is 0 Å². The van der Waals surface area contributed by atoms with E-state index in [1.165, 1.54) is 0 Å². The number of ether oxygens (including phenoxy) is 1. The molecule has 6 heteroatoms. The van der Waals surface area contributed by atoms with E-state index in [9.17, 15) is 4.79 Å². The number of hydrogen-bond acceptors (Lipinski definition) is 5. The summed E-state index contributed by atoms with van der Waals surface area (Å²) in [5.74, 6) is 1.40. The van der Waals surface area contributed by atoms with Crippen molar-refractivity contribution in [3.63, 3.8) is 0 Å². The number of rotatable bonds is 8. The molecule has 0 aliphatic carbocycles. The van der Waals surface area contributed by atoms with Gasteiger partial charge in [0.25, 0.3) is 0 Å². The van der Waals surface area contributed by atoms with Gasteiger partial charge in [-0.25, -0.2) is 9.67 Å². The van der Waals surface area contributed by atoms with Gasteiger partial charge in [-0.15, -0.1) is 0 Å². The van der Waals surface area contributed by atoms with Gasteiger partial charge in [0.1, 0.15) is 12.4 Å². The summed E-state index contributed by atoms with van der Waals surface area (Å²) < 4.78 is 7.41. The maximum atomic E-state index is 11.4. The average Bonchev–Trinajstić information content (AvgIpc) is 3.19. The zero-order valence-electron chi connectivity index (χ0n) is 15.0. The second-order valence-corrected chi connectivity index (χ2v) is 6.04. The zero-order valence-corrected chi connectivity index (χ0v) is 15.0. The predicted octanol–water partition coefficient (Wildman–Crippen LogP) is 2.58. The van der Waals surface area contributed by atoms with Crippen LogP contribution in [0.15, 0.2) is 48.9 Å². The van der Waals surface area contributed by atoms with E-state index in [-0.39, 0.29) is 0 Å². The van der Waals surface area contributed by atoms with E-state index in [0.29, 0.717) is 24.3 Å². The van der Waals surface area contributed by atoms with Crippen molar-refractivity contribution in [1.82, 2.24) is 20.1 Å². The molecule has 6 nitrogen and oxygen atoms in total. The molecule has 0 saturated carbocycles. The van der Waals surface area contributed by atoms with Gasteiger partial charge in [-0.2, -0.15) is 5.10 Å². The fourth-order valence-corrected chi connectivity index (χ4v) is 2.70. The predicted molar refractivity (Wildman–Crippen MR) is 100 cm³/mol. The number of aryl methyl sites for hydroxylation is 1. The molecule has 134 valence electrons. The molecule has 26 heavy (non-hydrogen) atoms. The minimum Gasteiger partial charge on any atom is -0.492 e. The van der Waals surface area contributed by atoms with Crippen LogP contribution in [-0.4, -0.2) is 41.2 Å². The van der Waals surface area contributed by atoms with Crippen LogP contribution in [0.1, 0.15) is 27.0 Å². The van der Waals surface area contributed by atoms with Gasteiger partial charge in [0.2, 0.25) is 0 Å². The van der Waals surface area contributed by atoms with E-state index >= 15 is 0 Å². The molecule has 1 N–H and O–H groups in total. The second kappa shape index (κ2) is 8.40. The summed E-state index contributed by atoms with van der Waals surface area (Å²) in [5.41, 5.74) is 3.82. The Morgan fingerprint density at radius 2 is 2.19 bits per heavy atom. The molecular weight excluding hydrogens is 328 g/mol. The summed E-state index contributed by atoms with van der Waals surface area (Å²) in [4.78, 5) is 15.9. The van der Waals surface area contributed by atoms with Crippen LogP contribution in [0.3, 0.4) is 0 Å². The third kappa shape index (κ3) is 4.15. The van der Waals surface area contributed by atoms with E-state index in [4.69, 9.17) is 4.74 Å². The molecule has 0 spiro atoms. The summed E-state index contributed by atoms with van der Waals surface area (Å²) in [7, 11) is 1.87. The van der Waals surface area contributed by atoms with E-state index in [0.717, 1.165) is 35.3 Å². The molecule has 0 atom stereocenters. The molecule has 2 aromatic heterocycles. The highest BCUT2D eigenvalue weighted by molar-refractivity contribution is 5.80. The van der Waals surface area contributed by atoms with Crippen molar-refractivity contribution in [3.05, 3.63) is 71.2 Å². The molecule has 2 heterocycles. The number of pyridine rings is 1. The minimum absolute atomic E-state index is 0.523. The number of benzene rings is 1. The Kier molecular flexibility index (Phi) is 5.76. The van der Waals surface area contributed by atoms with Gasteiger partial charge in [0.15, 0.2) is 12.1 Å². The highest BCUT2D eigenvalue weighted by Gasteiger charge is 2.10. The van der Waals surface area contributed by atoms with Gasteiger partial charge in [-0.05, 0) is 61.3 Å². The maximum Gasteiger partial charge on any atom is 0.153 e. The smallest absolute Gasteiger partial charge is 0.153 e.